The molecular weight excluding hydrogens is 476 g/mol. The van der Waals surface area contributed by atoms with Crippen LogP contribution in [0.5, 0.6) is 5.75 Å². The number of nitrogens with two attached hydrogens (primary N) is 4. The predicted octanol–water partition coefficient (Wildman–Crippen LogP) is -3.64. The van der Waals surface area contributed by atoms with Gasteiger partial charge in [-0.2, -0.15) is 0 Å². The number of carboxylic acid groups (broad SMARTS) is 1. The summed E-state index contributed by atoms with van der Waals surface area (Å²) in [5.74, 6) is -4.89. The lowest BCUT2D eigenvalue weighted by Crippen LogP contribution is -2.57. The number of guanidine groups is 1. The van der Waals surface area contributed by atoms with Crippen molar-refractivity contribution in [2.45, 2.75) is 43.8 Å². The Bertz CT molecular complexity index is 964. The van der Waals surface area contributed by atoms with E-state index in [0.717, 1.165) is 0 Å². The Balaban J connectivity index is 3.12. The molecule has 15 nitrogen and oxygen atoms in total. The van der Waals surface area contributed by atoms with E-state index < -0.39 is 54.1 Å². The number of aliphatic carboxylic acids is 1. The first-order valence-corrected chi connectivity index (χ1v) is 10.9. The smallest absolute Gasteiger partial charge is 0.326 e. The lowest BCUT2D eigenvalue weighted by Gasteiger charge is -2.24. The van der Waals surface area contributed by atoms with E-state index in [1.807, 2.05) is 0 Å². The van der Waals surface area contributed by atoms with Crippen LogP contribution in [0.15, 0.2) is 29.3 Å². The summed E-state index contributed by atoms with van der Waals surface area (Å²) >= 11 is 0. The van der Waals surface area contributed by atoms with Gasteiger partial charge in [-0.1, -0.05) is 12.1 Å². The van der Waals surface area contributed by atoms with E-state index in [4.69, 9.17) is 22.9 Å². The van der Waals surface area contributed by atoms with Crippen LogP contribution in [0.25, 0.3) is 0 Å². The van der Waals surface area contributed by atoms with Crippen molar-refractivity contribution in [3.63, 3.8) is 0 Å². The summed E-state index contributed by atoms with van der Waals surface area (Å²) in [5.41, 5.74) is 21.5. The number of carboxylic acids is 1. The second kappa shape index (κ2) is 14.8. The third kappa shape index (κ3) is 11.1. The maximum atomic E-state index is 13.0. The van der Waals surface area contributed by atoms with Crippen LogP contribution < -0.4 is 38.9 Å². The van der Waals surface area contributed by atoms with Crippen LogP contribution in [0.1, 0.15) is 24.8 Å². The third-order valence-corrected chi connectivity index (χ3v) is 4.81. The summed E-state index contributed by atoms with van der Waals surface area (Å²) in [7, 11) is 0. The molecule has 198 valence electrons. The van der Waals surface area contributed by atoms with E-state index in [1.165, 1.54) is 24.3 Å². The summed E-state index contributed by atoms with van der Waals surface area (Å²) < 4.78 is 0. The number of benzene rings is 1. The van der Waals surface area contributed by atoms with Crippen molar-refractivity contribution in [1.29, 1.82) is 0 Å². The van der Waals surface area contributed by atoms with Gasteiger partial charge >= 0.3 is 5.97 Å². The fourth-order valence-corrected chi connectivity index (χ4v) is 3.05. The second-order valence-electron chi connectivity index (χ2n) is 7.77. The van der Waals surface area contributed by atoms with Crippen LogP contribution in [-0.2, 0) is 30.4 Å². The first kappa shape index (κ1) is 29.6. The van der Waals surface area contributed by atoms with Gasteiger partial charge < -0.3 is 49.1 Å². The molecule has 1 aromatic rings. The molecule has 0 aliphatic carbocycles. The minimum atomic E-state index is -1.62. The van der Waals surface area contributed by atoms with Gasteiger partial charge in [0.15, 0.2) is 5.96 Å². The summed E-state index contributed by atoms with van der Waals surface area (Å²) in [4.78, 5) is 64.2. The zero-order valence-corrected chi connectivity index (χ0v) is 19.5. The molecule has 13 N–H and O–H groups in total. The Kier molecular flexibility index (Phi) is 12.2. The maximum Gasteiger partial charge on any atom is 0.326 e. The molecule has 0 bridgehead atoms. The molecule has 3 atom stereocenters. The van der Waals surface area contributed by atoms with Crippen LogP contribution in [0.2, 0.25) is 0 Å². The van der Waals surface area contributed by atoms with Crippen LogP contribution in [0, 0.1) is 0 Å². The number of hydrogen-bond donors (Lipinski definition) is 9. The van der Waals surface area contributed by atoms with Crippen molar-refractivity contribution in [1.82, 2.24) is 16.0 Å². The summed E-state index contributed by atoms with van der Waals surface area (Å²) in [5, 5.41) is 25.9. The zero-order chi connectivity index (χ0) is 27.3. The summed E-state index contributed by atoms with van der Waals surface area (Å²) in [6.07, 6.45) is -0.371. The lowest BCUT2D eigenvalue weighted by molar-refractivity contribution is -0.143. The lowest BCUT2D eigenvalue weighted by atomic mass is 10.0. The maximum absolute atomic E-state index is 13.0. The number of carbonyl (C=O) groups excluding carboxylic acids is 4. The van der Waals surface area contributed by atoms with E-state index in [-0.39, 0.29) is 37.6 Å². The number of phenolic OH excluding ortho intramolecular Hbond substituents is 1. The van der Waals surface area contributed by atoms with Crippen LogP contribution in [0.3, 0.4) is 0 Å². The molecule has 0 aromatic heterocycles. The fraction of sp³-hybridized carbons (Fsp3) is 0.429. The van der Waals surface area contributed by atoms with Gasteiger partial charge in [0, 0.05) is 13.0 Å². The average molecular weight is 509 g/mol. The molecule has 0 radical (unpaired) electrons. The van der Waals surface area contributed by atoms with E-state index in [2.05, 4.69) is 20.9 Å². The highest BCUT2D eigenvalue weighted by Crippen LogP contribution is 2.12. The number of carbonyl (C=O) groups is 5. The Morgan fingerprint density at radius 3 is 2.00 bits per heavy atom. The number of aliphatic imine (C=N–C) groups is 1. The largest absolute Gasteiger partial charge is 0.508 e. The van der Waals surface area contributed by atoms with Gasteiger partial charge in [0.05, 0.1) is 13.0 Å². The predicted molar refractivity (Wildman–Crippen MR) is 128 cm³/mol. The standard InChI is InChI=1S/C21H32N8O7/c22-10-17(32)27-13(2-1-7-26-21(24)25)18(33)28-14(8-11-3-5-12(30)6-4-11)19(34)29-15(20(35)36)9-16(23)31/h3-6,13-15,30H,1-2,7-10,22H2,(H2,23,31)(H,27,32)(H,28,33)(H,29,34)(H,35,36)(H4,24,25,26). The van der Waals surface area contributed by atoms with Gasteiger partial charge in [0.25, 0.3) is 0 Å². The molecule has 4 amide bonds. The second-order valence-corrected chi connectivity index (χ2v) is 7.77. The Morgan fingerprint density at radius 1 is 0.889 bits per heavy atom. The molecule has 0 saturated heterocycles. The molecule has 0 spiro atoms. The highest BCUT2D eigenvalue weighted by atomic mass is 16.4. The summed E-state index contributed by atoms with van der Waals surface area (Å²) in [6.45, 7) is -0.210. The molecule has 3 unspecified atom stereocenters. The van der Waals surface area contributed by atoms with E-state index >= 15 is 0 Å². The molecule has 1 rings (SSSR count). The molecule has 0 fully saturated rings. The zero-order valence-electron chi connectivity index (χ0n) is 19.5. The minimum Gasteiger partial charge on any atom is -0.508 e. The Hall–Kier alpha value is -4.40. The van der Waals surface area contributed by atoms with E-state index in [1.54, 1.807) is 0 Å². The fourth-order valence-electron chi connectivity index (χ4n) is 3.05. The van der Waals surface area contributed by atoms with Crippen molar-refractivity contribution in [3.05, 3.63) is 29.8 Å². The van der Waals surface area contributed by atoms with Gasteiger partial charge in [0.1, 0.15) is 23.9 Å². The first-order chi connectivity index (χ1) is 16.9. The molecule has 0 heterocycles. The molecule has 0 aliphatic heterocycles. The molecular formula is C21H32N8O7. The van der Waals surface area contributed by atoms with E-state index in [9.17, 15) is 34.2 Å². The highest BCUT2D eigenvalue weighted by molar-refractivity contribution is 5.94. The molecule has 0 saturated carbocycles. The third-order valence-electron chi connectivity index (χ3n) is 4.81. The van der Waals surface area contributed by atoms with Gasteiger partial charge in [-0.3, -0.25) is 24.2 Å². The van der Waals surface area contributed by atoms with Crippen molar-refractivity contribution in [2.24, 2.45) is 27.9 Å². The quantitative estimate of drug-likeness (QED) is 0.0636. The number of aromatic hydroxyl groups is 1. The van der Waals surface area contributed by atoms with Crippen molar-refractivity contribution >= 4 is 35.6 Å². The van der Waals surface area contributed by atoms with E-state index in [0.29, 0.717) is 12.0 Å². The normalized spacial score (nSPS) is 12.9. The highest BCUT2D eigenvalue weighted by Gasteiger charge is 2.30. The average Bonchev–Trinajstić information content (AvgIpc) is 2.80. The van der Waals surface area contributed by atoms with Gasteiger partial charge in [-0.15, -0.1) is 0 Å². The number of rotatable bonds is 15. The number of hydrogen-bond acceptors (Lipinski definition) is 8. The van der Waals surface area contributed by atoms with Gasteiger partial charge in [0.2, 0.25) is 23.6 Å². The van der Waals surface area contributed by atoms with Crippen molar-refractivity contribution in [3.8, 4) is 5.75 Å². The Morgan fingerprint density at radius 2 is 1.47 bits per heavy atom. The number of primary amides is 1. The molecule has 15 heteroatoms. The van der Waals surface area contributed by atoms with Crippen molar-refractivity contribution < 1.29 is 34.2 Å². The monoisotopic (exact) mass is 508 g/mol. The van der Waals surface area contributed by atoms with Crippen LogP contribution in [-0.4, -0.2) is 77.0 Å². The molecule has 0 aliphatic rings. The number of phenols is 1. The van der Waals surface area contributed by atoms with Crippen molar-refractivity contribution in [2.75, 3.05) is 13.1 Å². The SMILES string of the molecule is NCC(=O)NC(CCCN=C(N)N)C(=O)NC(Cc1ccc(O)cc1)C(=O)NC(CC(N)=O)C(=O)O. The van der Waals surface area contributed by atoms with Gasteiger partial charge in [-0.05, 0) is 30.5 Å². The van der Waals surface area contributed by atoms with Gasteiger partial charge in [-0.25, -0.2) is 4.79 Å². The number of amides is 4. The topological polar surface area (TPSA) is 278 Å². The first-order valence-electron chi connectivity index (χ1n) is 10.9. The Labute approximate surface area is 206 Å². The van der Waals surface area contributed by atoms with Crippen LogP contribution >= 0.6 is 0 Å². The number of nitrogens with one attached hydrogen (secondary N) is 3. The molecule has 36 heavy (non-hydrogen) atoms. The summed E-state index contributed by atoms with van der Waals surface area (Å²) in [6, 6.07) is 1.70. The number of nitrogens with zero attached hydrogens (tertiary/aromatic N) is 1. The van der Waals surface area contributed by atoms with Crippen LogP contribution in [0.4, 0.5) is 0 Å². The minimum absolute atomic E-state index is 0.0264. The molecule has 1 aromatic carbocycles.